The first-order chi connectivity index (χ1) is 18.0. The number of hydrogen-bond donors (Lipinski definition) is 3. The van der Waals surface area contributed by atoms with Crippen LogP contribution in [0, 0.1) is 0 Å². The number of amides is 1. The third-order valence-electron chi connectivity index (χ3n) is 5.97. The number of carboxylic acid groups (broad SMARTS) is 1. The predicted octanol–water partition coefficient (Wildman–Crippen LogP) is 4.93. The molecule has 0 aliphatic rings. The van der Waals surface area contributed by atoms with Crippen molar-refractivity contribution in [1.29, 1.82) is 0 Å². The van der Waals surface area contributed by atoms with Gasteiger partial charge in [-0.15, -0.1) is 0 Å². The predicted molar refractivity (Wildman–Crippen MR) is 141 cm³/mol. The van der Waals surface area contributed by atoms with Crippen LogP contribution in [-0.4, -0.2) is 44.0 Å². The van der Waals surface area contributed by atoms with Gasteiger partial charge in [-0.05, 0) is 66.8 Å². The number of ether oxygens (including phenoxy) is 3. The maximum absolute atomic E-state index is 12.1. The fourth-order valence-electron chi connectivity index (χ4n) is 3.91. The van der Waals surface area contributed by atoms with Gasteiger partial charge in [0.15, 0.2) is 0 Å². The number of aliphatic carboxylic acids is 1. The molecule has 0 saturated heterocycles. The molecule has 0 aliphatic heterocycles. The van der Waals surface area contributed by atoms with E-state index in [1.807, 2.05) is 78.9 Å². The Kier molecular flexibility index (Phi) is 10.8. The average molecular weight is 507 g/mol. The van der Waals surface area contributed by atoms with Crippen molar-refractivity contribution in [3.8, 4) is 11.5 Å². The van der Waals surface area contributed by atoms with Crippen LogP contribution in [0.1, 0.15) is 42.0 Å². The van der Waals surface area contributed by atoms with Crippen LogP contribution in [0.25, 0.3) is 0 Å². The monoisotopic (exact) mass is 506 g/mol. The number of methoxy groups -OCH3 is 2. The van der Waals surface area contributed by atoms with Crippen LogP contribution < -0.4 is 20.1 Å². The minimum Gasteiger partial charge on any atom is -0.497 e. The van der Waals surface area contributed by atoms with E-state index in [9.17, 15) is 14.7 Å². The average Bonchev–Trinajstić information content (AvgIpc) is 2.94. The number of carbonyl (C=O) groups is 2. The lowest BCUT2D eigenvalue weighted by Gasteiger charge is -2.21. The van der Waals surface area contributed by atoms with Crippen LogP contribution in [-0.2, 0) is 16.1 Å². The van der Waals surface area contributed by atoms with Crippen molar-refractivity contribution in [2.45, 2.75) is 38.0 Å². The lowest BCUT2D eigenvalue weighted by molar-refractivity contribution is -0.139. The smallest absolute Gasteiger partial charge is 0.408 e. The van der Waals surface area contributed by atoms with Crippen molar-refractivity contribution < 1.29 is 28.9 Å². The summed E-state index contributed by atoms with van der Waals surface area (Å²) < 4.78 is 15.7. The standard InChI is InChI=1S/C29H34N2O6/c1-35-24-15-11-22(12-16-24)27(23-13-17-25(36-2)18-14-23)30-19-7-6-10-26(28(32)33)31-29(34)37-20-21-8-4-3-5-9-21/h3-5,8-9,11-18,26-27,30H,6-7,10,19-20H2,1-2H3,(H,31,34)(H,32,33)/t26-/m0/s1. The minimum atomic E-state index is -1.08. The van der Waals surface area contributed by atoms with Gasteiger partial charge in [-0.3, -0.25) is 0 Å². The highest BCUT2D eigenvalue weighted by Crippen LogP contribution is 2.26. The highest BCUT2D eigenvalue weighted by Gasteiger charge is 2.20. The molecule has 0 saturated carbocycles. The summed E-state index contributed by atoms with van der Waals surface area (Å²) in [5.74, 6) is 0.484. The minimum absolute atomic E-state index is 0.0572. The van der Waals surface area contributed by atoms with E-state index >= 15 is 0 Å². The Balaban J connectivity index is 1.51. The Morgan fingerprint density at radius 1 is 0.811 bits per heavy atom. The molecule has 37 heavy (non-hydrogen) atoms. The highest BCUT2D eigenvalue weighted by molar-refractivity contribution is 5.79. The molecule has 0 radical (unpaired) electrons. The largest absolute Gasteiger partial charge is 0.497 e. The van der Waals surface area contributed by atoms with Crippen molar-refractivity contribution in [1.82, 2.24) is 10.6 Å². The number of carbonyl (C=O) groups excluding carboxylic acids is 1. The second kappa shape index (κ2) is 14.5. The Morgan fingerprint density at radius 3 is 1.89 bits per heavy atom. The van der Waals surface area contributed by atoms with Crippen molar-refractivity contribution >= 4 is 12.1 Å². The van der Waals surface area contributed by atoms with Crippen LogP contribution in [0.3, 0.4) is 0 Å². The first-order valence-electron chi connectivity index (χ1n) is 12.2. The molecule has 0 spiro atoms. The zero-order valence-electron chi connectivity index (χ0n) is 21.2. The van der Waals surface area contributed by atoms with Gasteiger partial charge in [0, 0.05) is 0 Å². The topological polar surface area (TPSA) is 106 Å². The summed E-state index contributed by atoms with van der Waals surface area (Å²) in [6.45, 7) is 0.745. The summed E-state index contributed by atoms with van der Waals surface area (Å²) in [5, 5.41) is 15.6. The number of alkyl carbamates (subject to hydrolysis) is 1. The number of nitrogens with one attached hydrogen (secondary N) is 2. The van der Waals surface area contributed by atoms with Crippen LogP contribution in [0.15, 0.2) is 78.9 Å². The Labute approximate surface area is 217 Å². The van der Waals surface area contributed by atoms with Crippen LogP contribution in [0.5, 0.6) is 11.5 Å². The quantitative estimate of drug-likeness (QED) is 0.266. The summed E-state index contributed by atoms with van der Waals surface area (Å²) in [5.41, 5.74) is 2.99. The molecule has 8 heteroatoms. The Bertz CT molecular complexity index is 1060. The van der Waals surface area contributed by atoms with Crippen molar-refractivity contribution in [2.75, 3.05) is 20.8 Å². The molecule has 1 atom stereocenters. The number of unbranched alkanes of at least 4 members (excludes halogenated alkanes) is 1. The molecule has 0 bridgehead atoms. The van der Waals surface area contributed by atoms with Crippen LogP contribution in [0.4, 0.5) is 4.79 Å². The molecule has 0 fully saturated rings. The number of benzene rings is 3. The molecule has 8 nitrogen and oxygen atoms in total. The third kappa shape index (κ3) is 8.84. The number of rotatable bonds is 14. The molecular formula is C29H34N2O6. The maximum atomic E-state index is 12.1. The Morgan fingerprint density at radius 2 is 1.38 bits per heavy atom. The van der Waals surface area contributed by atoms with Crippen molar-refractivity contribution in [3.63, 3.8) is 0 Å². The second-order valence-corrected chi connectivity index (χ2v) is 8.53. The number of hydrogen-bond acceptors (Lipinski definition) is 6. The van der Waals surface area contributed by atoms with Gasteiger partial charge >= 0.3 is 12.1 Å². The summed E-state index contributed by atoms with van der Waals surface area (Å²) >= 11 is 0. The fraction of sp³-hybridized carbons (Fsp3) is 0.310. The van der Waals surface area contributed by atoms with Gasteiger partial charge in [0.1, 0.15) is 24.1 Å². The molecule has 0 heterocycles. The molecule has 1 amide bonds. The summed E-state index contributed by atoms with van der Waals surface area (Å²) in [4.78, 5) is 23.7. The zero-order chi connectivity index (χ0) is 26.5. The fourth-order valence-corrected chi connectivity index (χ4v) is 3.91. The highest BCUT2D eigenvalue weighted by atomic mass is 16.5. The van der Waals surface area contributed by atoms with E-state index in [1.54, 1.807) is 14.2 Å². The molecule has 0 unspecified atom stereocenters. The first kappa shape index (κ1) is 27.5. The number of carboxylic acids is 1. The van der Waals surface area contributed by atoms with Crippen LogP contribution in [0.2, 0.25) is 0 Å². The van der Waals surface area contributed by atoms with Gasteiger partial charge in [0.05, 0.1) is 20.3 Å². The normalized spacial score (nSPS) is 11.5. The van der Waals surface area contributed by atoms with E-state index in [1.165, 1.54) is 0 Å². The molecule has 3 rings (SSSR count). The molecular weight excluding hydrogens is 472 g/mol. The molecule has 0 aromatic heterocycles. The third-order valence-corrected chi connectivity index (χ3v) is 5.97. The molecule has 3 N–H and O–H groups in total. The second-order valence-electron chi connectivity index (χ2n) is 8.53. The van der Waals surface area contributed by atoms with Gasteiger partial charge in [0.25, 0.3) is 0 Å². The van der Waals surface area contributed by atoms with Crippen molar-refractivity contribution in [3.05, 3.63) is 95.6 Å². The van der Waals surface area contributed by atoms with Gasteiger partial charge in [-0.1, -0.05) is 54.6 Å². The summed E-state index contributed by atoms with van der Waals surface area (Å²) in [7, 11) is 3.27. The Hall–Kier alpha value is -4.04. The van der Waals surface area contributed by atoms with E-state index in [2.05, 4.69) is 10.6 Å². The zero-order valence-corrected chi connectivity index (χ0v) is 21.2. The van der Waals surface area contributed by atoms with Gasteiger partial charge < -0.3 is 30.0 Å². The van der Waals surface area contributed by atoms with Crippen molar-refractivity contribution in [2.24, 2.45) is 0 Å². The van der Waals surface area contributed by atoms with E-state index in [-0.39, 0.29) is 12.6 Å². The summed E-state index contributed by atoms with van der Waals surface area (Å²) in [6.07, 6.45) is 0.898. The lowest BCUT2D eigenvalue weighted by Crippen LogP contribution is -2.41. The van der Waals surface area contributed by atoms with Gasteiger partial charge in [0.2, 0.25) is 0 Å². The van der Waals surface area contributed by atoms with E-state index in [0.717, 1.165) is 34.6 Å². The van der Waals surface area contributed by atoms with E-state index in [4.69, 9.17) is 14.2 Å². The van der Waals surface area contributed by atoms with E-state index < -0.39 is 18.1 Å². The molecule has 0 aliphatic carbocycles. The lowest BCUT2D eigenvalue weighted by atomic mass is 9.98. The van der Waals surface area contributed by atoms with Crippen LogP contribution >= 0.6 is 0 Å². The molecule has 3 aromatic carbocycles. The first-order valence-corrected chi connectivity index (χ1v) is 12.2. The van der Waals surface area contributed by atoms with Gasteiger partial charge in [-0.25, -0.2) is 9.59 Å². The molecule has 196 valence electrons. The van der Waals surface area contributed by atoms with E-state index in [0.29, 0.717) is 19.4 Å². The summed E-state index contributed by atoms with van der Waals surface area (Å²) in [6, 6.07) is 23.9. The molecule has 3 aromatic rings. The maximum Gasteiger partial charge on any atom is 0.408 e. The van der Waals surface area contributed by atoms with Gasteiger partial charge in [-0.2, -0.15) is 0 Å². The SMILES string of the molecule is COc1ccc(C(NCCCC[C@H](NC(=O)OCc2ccccc2)C(=O)O)c2ccc(OC)cc2)cc1.